The van der Waals surface area contributed by atoms with Crippen LogP contribution in [-0.2, 0) is 9.59 Å². The number of para-hydroxylation sites is 1. The predicted octanol–water partition coefficient (Wildman–Crippen LogP) is 2.54. The van der Waals surface area contributed by atoms with Gasteiger partial charge in [0.1, 0.15) is 5.75 Å². The van der Waals surface area contributed by atoms with Gasteiger partial charge in [-0.1, -0.05) is 12.1 Å². The first kappa shape index (κ1) is 15.8. The van der Waals surface area contributed by atoms with Gasteiger partial charge in [-0.15, -0.1) is 0 Å². The minimum Gasteiger partial charge on any atom is -0.492 e. The number of carboxylic acid groups (broad SMARTS) is 1. The van der Waals surface area contributed by atoms with Gasteiger partial charge in [0.05, 0.1) is 23.4 Å². The van der Waals surface area contributed by atoms with Crippen molar-refractivity contribution in [2.24, 2.45) is 5.92 Å². The number of hydrogen-bond donors (Lipinski definition) is 1. The van der Waals surface area contributed by atoms with Crippen LogP contribution in [0.15, 0.2) is 28.7 Å². The average Bonchev–Trinajstić information content (AvgIpc) is 2.49. The normalized spacial score (nSPS) is 18.3. The SMILES string of the molecule is O=C(O)C1CCCN(C(=O)CCOc2ccccc2Br)C1. The number of carboxylic acids is 1. The molecule has 1 amide bonds. The molecule has 1 aliphatic rings. The highest BCUT2D eigenvalue weighted by atomic mass is 79.9. The summed E-state index contributed by atoms with van der Waals surface area (Å²) in [6.45, 7) is 1.23. The quantitative estimate of drug-likeness (QED) is 0.881. The van der Waals surface area contributed by atoms with Crippen LogP contribution < -0.4 is 4.74 Å². The standard InChI is InChI=1S/C15H18BrNO4/c16-12-5-1-2-6-13(12)21-9-7-14(18)17-8-3-4-11(10-17)15(19)20/h1-2,5-6,11H,3-4,7-10H2,(H,19,20). The Bertz CT molecular complexity index is 520. The molecule has 6 heteroatoms. The van der Waals surface area contributed by atoms with Crippen molar-refractivity contribution in [1.29, 1.82) is 0 Å². The summed E-state index contributed by atoms with van der Waals surface area (Å²) >= 11 is 3.38. The molecular weight excluding hydrogens is 338 g/mol. The second-order valence-corrected chi connectivity index (χ2v) is 5.90. The van der Waals surface area contributed by atoms with E-state index in [2.05, 4.69) is 15.9 Å². The van der Waals surface area contributed by atoms with Crippen molar-refractivity contribution in [3.05, 3.63) is 28.7 Å². The molecule has 0 saturated carbocycles. The molecule has 0 aromatic heterocycles. The first-order chi connectivity index (χ1) is 10.1. The van der Waals surface area contributed by atoms with Crippen molar-refractivity contribution in [3.63, 3.8) is 0 Å². The maximum Gasteiger partial charge on any atom is 0.308 e. The van der Waals surface area contributed by atoms with E-state index in [1.165, 1.54) is 0 Å². The minimum absolute atomic E-state index is 0.0481. The number of benzene rings is 1. The fraction of sp³-hybridized carbons (Fsp3) is 0.467. The van der Waals surface area contributed by atoms with Crippen molar-refractivity contribution in [3.8, 4) is 5.75 Å². The van der Waals surface area contributed by atoms with Crippen LogP contribution in [0, 0.1) is 5.92 Å². The highest BCUT2D eigenvalue weighted by Gasteiger charge is 2.27. The molecule has 2 rings (SSSR count). The van der Waals surface area contributed by atoms with Crippen LogP contribution in [-0.4, -0.2) is 41.6 Å². The fourth-order valence-electron chi connectivity index (χ4n) is 2.37. The minimum atomic E-state index is -0.822. The summed E-state index contributed by atoms with van der Waals surface area (Å²) in [6.07, 6.45) is 1.65. The molecule has 114 valence electrons. The molecule has 0 radical (unpaired) electrons. The molecule has 1 atom stereocenters. The molecule has 1 aromatic carbocycles. The predicted molar refractivity (Wildman–Crippen MR) is 81.2 cm³/mol. The molecule has 1 fully saturated rings. The smallest absolute Gasteiger partial charge is 0.308 e. The monoisotopic (exact) mass is 355 g/mol. The highest BCUT2D eigenvalue weighted by Crippen LogP contribution is 2.24. The Kier molecular flexibility index (Phi) is 5.61. The number of nitrogens with zero attached hydrogens (tertiary/aromatic N) is 1. The Labute approximate surface area is 132 Å². The van der Waals surface area contributed by atoms with Gasteiger partial charge in [0.25, 0.3) is 0 Å². The summed E-state index contributed by atoms with van der Waals surface area (Å²) in [5.41, 5.74) is 0. The van der Waals surface area contributed by atoms with Crippen LogP contribution >= 0.6 is 15.9 Å². The zero-order chi connectivity index (χ0) is 15.2. The maximum absolute atomic E-state index is 12.1. The molecule has 1 saturated heterocycles. The number of carbonyl (C=O) groups is 2. The van der Waals surface area contributed by atoms with Crippen LogP contribution in [0.4, 0.5) is 0 Å². The van der Waals surface area contributed by atoms with Gasteiger partial charge in [-0.05, 0) is 40.9 Å². The van der Waals surface area contributed by atoms with Gasteiger partial charge in [-0.25, -0.2) is 0 Å². The van der Waals surface area contributed by atoms with Crippen molar-refractivity contribution in [2.75, 3.05) is 19.7 Å². The lowest BCUT2D eigenvalue weighted by Crippen LogP contribution is -2.42. The second-order valence-electron chi connectivity index (χ2n) is 5.05. The molecular formula is C15H18BrNO4. The molecule has 1 aliphatic heterocycles. The van der Waals surface area contributed by atoms with Crippen LogP contribution in [0.1, 0.15) is 19.3 Å². The number of piperidine rings is 1. The molecule has 0 bridgehead atoms. The van der Waals surface area contributed by atoms with Crippen molar-refractivity contribution in [2.45, 2.75) is 19.3 Å². The van der Waals surface area contributed by atoms with E-state index >= 15 is 0 Å². The van der Waals surface area contributed by atoms with Crippen LogP contribution in [0.2, 0.25) is 0 Å². The number of ether oxygens (including phenoxy) is 1. The van der Waals surface area contributed by atoms with E-state index in [-0.39, 0.29) is 18.9 Å². The van der Waals surface area contributed by atoms with E-state index in [1.807, 2.05) is 24.3 Å². The maximum atomic E-state index is 12.1. The van der Waals surface area contributed by atoms with E-state index in [9.17, 15) is 9.59 Å². The molecule has 0 spiro atoms. The van der Waals surface area contributed by atoms with E-state index in [0.717, 1.165) is 10.9 Å². The Morgan fingerprint density at radius 3 is 2.86 bits per heavy atom. The van der Waals surface area contributed by atoms with E-state index in [1.54, 1.807) is 4.90 Å². The Balaban J connectivity index is 1.79. The number of amides is 1. The summed E-state index contributed by atoms with van der Waals surface area (Å²) in [6, 6.07) is 7.46. The number of halogens is 1. The van der Waals surface area contributed by atoms with E-state index in [4.69, 9.17) is 9.84 Å². The molecule has 1 unspecified atom stereocenters. The number of hydrogen-bond acceptors (Lipinski definition) is 3. The van der Waals surface area contributed by atoms with Gasteiger partial charge < -0.3 is 14.7 Å². The lowest BCUT2D eigenvalue weighted by atomic mass is 9.98. The Hall–Kier alpha value is -1.56. The van der Waals surface area contributed by atoms with Crippen molar-refractivity contribution in [1.82, 2.24) is 4.90 Å². The topological polar surface area (TPSA) is 66.8 Å². The van der Waals surface area contributed by atoms with Gasteiger partial charge in [0, 0.05) is 13.1 Å². The van der Waals surface area contributed by atoms with E-state index < -0.39 is 11.9 Å². The zero-order valence-electron chi connectivity index (χ0n) is 11.6. The highest BCUT2D eigenvalue weighted by molar-refractivity contribution is 9.10. The van der Waals surface area contributed by atoms with Gasteiger partial charge in [-0.2, -0.15) is 0 Å². The molecule has 0 aliphatic carbocycles. The number of carbonyl (C=O) groups excluding carboxylic acids is 1. The number of likely N-dealkylation sites (tertiary alicyclic amines) is 1. The van der Waals surface area contributed by atoms with Gasteiger partial charge in [0.2, 0.25) is 5.91 Å². The van der Waals surface area contributed by atoms with Crippen LogP contribution in [0.5, 0.6) is 5.75 Å². The third-order valence-electron chi connectivity index (χ3n) is 3.53. The van der Waals surface area contributed by atoms with Crippen LogP contribution in [0.25, 0.3) is 0 Å². The van der Waals surface area contributed by atoms with Crippen molar-refractivity contribution < 1.29 is 19.4 Å². The number of aliphatic carboxylic acids is 1. The first-order valence-corrected chi connectivity index (χ1v) is 7.75. The van der Waals surface area contributed by atoms with E-state index in [0.29, 0.717) is 25.3 Å². The Morgan fingerprint density at radius 2 is 2.14 bits per heavy atom. The van der Waals surface area contributed by atoms with Crippen molar-refractivity contribution >= 4 is 27.8 Å². The number of rotatable bonds is 5. The van der Waals surface area contributed by atoms with Gasteiger partial charge in [0.15, 0.2) is 0 Å². The summed E-state index contributed by atoms with van der Waals surface area (Å²) in [5.74, 6) is -0.607. The second kappa shape index (κ2) is 7.45. The molecule has 1 heterocycles. The summed E-state index contributed by atoms with van der Waals surface area (Å²) in [7, 11) is 0. The third-order valence-corrected chi connectivity index (χ3v) is 4.19. The summed E-state index contributed by atoms with van der Waals surface area (Å²) in [4.78, 5) is 24.7. The van der Waals surface area contributed by atoms with Crippen LogP contribution in [0.3, 0.4) is 0 Å². The summed E-state index contributed by atoms with van der Waals surface area (Å²) in [5, 5.41) is 9.03. The van der Waals surface area contributed by atoms with Gasteiger partial charge in [-0.3, -0.25) is 9.59 Å². The average molecular weight is 356 g/mol. The zero-order valence-corrected chi connectivity index (χ0v) is 13.2. The molecule has 1 aromatic rings. The Morgan fingerprint density at radius 1 is 1.38 bits per heavy atom. The molecule has 21 heavy (non-hydrogen) atoms. The fourth-order valence-corrected chi connectivity index (χ4v) is 2.77. The molecule has 5 nitrogen and oxygen atoms in total. The largest absolute Gasteiger partial charge is 0.492 e. The first-order valence-electron chi connectivity index (χ1n) is 6.96. The lowest BCUT2D eigenvalue weighted by molar-refractivity contribution is -0.145. The lowest BCUT2D eigenvalue weighted by Gasteiger charge is -2.30. The molecule has 1 N–H and O–H groups in total. The third kappa shape index (κ3) is 4.46. The van der Waals surface area contributed by atoms with Gasteiger partial charge >= 0.3 is 5.97 Å². The summed E-state index contributed by atoms with van der Waals surface area (Å²) < 4.78 is 6.41.